The lowest BCUT2D eigenvalue weighted by Crippen LogP contribution is -2.16. The summed E-state index contributed by atoms with van der Waals surface area (Å²) in [5, 5.41) is 11.4. The summed E-state index contributed by atoms with van der Waals surface area (Å²) in [6.07, 6.45) is 3.50. The summed E-state index contributed by atoms with van der Waals surface area (Å²) < 4.78 is 1.79. The fourth-order valence-corrected chi connectivity index (χ4v) is 4.06. The summed E-state index contributed by atoms with van der Waals surface area (Å²) in [6, 6.07) is 19.2. The Morgan fingerprint density at radius 2 is 1.90 bits per heavy atom. The van der Waals surface area contributed by atoms with Crippen LogP contribution in [0, 0.1) is 0 Å². The molecule has 0 saturated carbocycles. The number of hydrogen-bond donors (Lipinski definition) is 1. The van der Waals surface area contributed by atoms with Crippen LogP contribution < -0.4 is 5.43 Å². The zero-order valence-corrected chi connectivity index (χ0v) is 18.7. The van der Waals surface area contributed by atoms with Crippen LogP contribution in [0.5, 0.6) is 0 Å². The Labute approximate surface area is 190 Å². The number of rotatable bonds is 6. The third-order valence-electron chi connectivity index (χ3n) is 4.70. The van der Waals surface area contributed by atoms with Crippen molar-refractivity contribution in [2.75, 3.05) is 0 Å². The number of thiophene rings is 1. The van der Waals surface area contributed by atoms with Crippen molar-refractivity contribution in [3.8, 4) is 16.9 Å². The quantitative estimate of drug-likeness (QED) is 0.284. The minimum atomic E-state index is -0.233. The molecule has 0 aliphatic heterocycles. The molecule has 0 bridgehead atoms. The van der Waals surface area contributed by atoms with Crippen molar-refractivity contribution in [2.24, 2.45) is 5.10 Å². The van der Waals surface area contributed by atoms with Crippen molar-refractivity contribution in [1.82, 2.24) is 15.2 Å². The second-order valence-corrected chi connectivity index (χ2v) is 8.69. The first kappa shape index (κ1) is 21.0. The first-order valence-corrected chi connectivity index (χ1v) is 11.1. The smallest absolute Gasteiger partial charge is 0.267 e. The van der Waals surface area contributed by atoms with Gasteiger partial charge in [0.2, 0.25) is 0 Å². The second kappa shape index (κ2) is 9.29. The van der Waals surface area contributed by atoms with Crippen LogP contribution in [0.1, 0.15) is 40.6 Å². The molecule has 5 nitrogen and oxygen atoms in total. The van der Waals surface area contributed by atoms with Gasteiger partial charge >= 0.3 is 0 Å². The van der Waals surface area contributed by atoms with E-state index in [0.29, 0.717) is 16.5 Å². The van der Waals surface area contributed by atoms with Crippen molar-refractivity contribution >= 4 is 35.1 Å². The van der Waals surface area contributed by atoms with Gasteiger partial charge in [0.05, 0.1) is 17.5 Å². The summed E-state index contributed by atoms with van der Waals surface area (Å²) in [6.45, 7) is 4.21. The average Bonchev–Trinajstić information content (AvgIpc) is 3.43. The first-order valence-electron chi connectivity index (χ1n) is 9.84. The van der Waals surface area contributed by atoms with Crippen molar-refractivity contribution < 1.29 is 4.79 Å². The zero-order valence-electron chi connectivity index (χ0n) is 17.1. The monoisotopic (exact) mass is 448 g/mol. The molecule has 0 unspecified atom stereocenters. The molecule has 156 valence electrons. The van der Waals surface area contributed by atoms with E-state index < -0.39 is 0 Å². The van der Waals surface area contributed by atoms with Crippen LogP contribution in [0.15, 0.2) is 77.3 Å². The third kappa shape index (κ3) is 4.93. The number of nitrogens with zero attached hydrogens (tertiary/aromatic N) is 3. The second-order valence-electron chi connectivity index (χ2n) is 7.31. The molecule has 0 aliphatic rings. The van der Waals surface area contributed by atoms with Gasteiger partial charge in [0.1, 0.15) is 5.69 Å². The molecular weight excluding hydrogens is 428 g/mol. The number of carbonyl (C=O) groups is 1. The van der Waals surface area contributed by atoms with Gasteiger partial charge in [-0.25, -0.2) is 10.1 Å². The maximum Gasteiger partial charge on any atom is 0.272 e. The molecule has 0 aliphatic carbocycles. The van der Waals surface area contributed by atoms with E-state index in [1.807, 2.05) is 72.2 Å². The number of hydrogen-bond acceptors (Lipinski definition) is 4. The topological polar surface area (TPSA) is 59.3 Å². The van der Waals surface area contributed by atoms with Crippen LogP contribution in [0.2, 0.25) is 5.02 Å². The molecule has 1 N–H and O–H groups in total. The van der Waals surface area contributed by atoms with E-state index in [2.05, 4.69) is 24.4 Å². The summed E-state index contributed by atoms with van der Waals surface area (Å²) in [5.41, 5.74) is 6.59. The molecule has 2 aromatic heterocycles. The lowest BCUT2D eigenvalue weighted by molar-refractivity contribution is 0.0955. The molecule has 7 heteroatoms. The Morgan fingerprint density at radius 1 is 1.16 bits per heavy atom. The molecule has 4 rings (SSSR count). The first-order chi connectivity index (χ1) is 15.0. The molecule has 1 amide bonds. The standard InChI is InChI=1S/C24H21ClN4OS/c1-16(2)22-12-18(15-31-22)24(30)27-26-13-19-14-29(21-6-4-3-5-7-21)28-23(19)17-8-10-20(25)11-9-17/h3-16H,1-2H3,(H,27,30)/b26-13-. The number of benzene rings is 2. The Bertz CT molecular complexity index is 1210. The summed E-state index contributed by atoms with van der Waals surface area (Å²) in [4.78, 5) is 13.6. The molecule has 0 fully saturated rings. The normalized spacial score (nSPS) is 11.4. The van der Waals surface area contributed by atoms with E-state index >= 15 is 0 Å². The summed E-state index contributed by atoms with van der Waals surface area (Å²) in [7, 11) is 0. The van der Waals surface area contributed by atoms with Gasteiger partial charge in [-0.1, -0.05) is 55.8 Å². The number of para-hydroxylation sites is 1. The number of nitrogens with one attached hydrogen (secondary N) is 1. The Morgan fingerprint density at radius 3 is 2.58 bits per heavy atom. The highest BCUT2D eigenvalue weighted by Gasteiger charge is 2.12. The summed E-state index contributed by atoms with van der Waals surface area (Å²) >= 11 is 7.62. The van der Waals surface area contributed by atoms with E-state index in [0.717, 1.165) is 22.5 Å². The highest BCUT2D eigenvalue weighted by atomic mass is 35.5. The number of hydrazone groups is 1. The molecule has 2 heterocycles. The SMILES string of the molecule is CC(C)c1cc(C(=O)N/N=C\c2cn(-c3ccccc3)nc2-c2ccc(Cl)cc2)cs1. The van der Waals surface area contributed by atoms with Crippen LogP contribution in [0.25, 0.3) is 16.9 Å². The molecule has 0 atom stereocenters. The van der Waals surface area contributed by atoms with Gasteiger partial charge in [-0.15, -0.1) is 11.3 Å². The molecule has 0 spiro atoms. The third-order valence-corrected chi connectivity index (χ3v) is 6.19. The van der Waals surface area contributed by atoms with Crippen LogP contribution in [0.3, 0.4) is 0 Å². The lowest BCUT2D eigenvalue weighted by atomic mass is 10.1. The predicted octanol–water partition coefficient (Wildman–Crippen LogP) is 6.14. The van der Waals surface area contributed by atoms with Crippen LogP contribution in [0.4, 0.5) is 0 Å². The number of amides is 1. The van der Waals surface area contributed by atoms with E-state index in [-0.39, 0.29) is 5.91 Å². The minimum Gasteiger partial charge on any atom is -0.267 e. The van der Waals surface area contributed by atoms with Crippen molar-refractivity contribution in [1.29, 1.82) is 0 Å². The summed E-state index contributed by atoms with van der Waals surface area (Å²) in [5.74, 6) is 0.156. The predicted molar refractivity (Wildman–Crippen MR) is 127 cm³/mol. The van der Waals surface area contributed by atoms with Crippen molar-refractivity contribution in [3.05, 3.63) is 93.3 Å². The highest BCUT2D eigenvalue weighted by molar-refractivity contribution is 7.10. The van der Waals surface area contributed by atoms with E-state index in [1.165, 1.54) is 4.88 Å². The molecule has 0 radical (unpaired) electrons. The van der Waals surface area contributed by atoms with Gasteiger partial charge in [-0.05, 0) is 36.2 Å². The van der Waals surface area contributed by atoms with Gasteiger partial charge < -0.3 is 0 Å². The minimum absolute atomic E-state index is 0.233. The largest absolute Gasteiger partial charge is 0.272 e. The van der Waals surface area contributed by atoms with E-state index in [4.69, 9.17) is 16.7 Å². The van der Waals surface area contributed by atoms with Crippen molar-refractivity contribution in [2.45, 2.75) is 19.8 Å². The number of halogens is 1. The lowest BCUT2D eigenvalue weighted by Gasteiger charge is -2.01. The Hall–Kier alpha value is -3.22. The highest BCUT2D eigenvalue weighted by Crippen LogP contribution is 2.25. The van der Waals surface area contributed by atoms with Gasteiger partial charge in [-0.2, -0.15) is 10.2 Å². The Kier molecular flexibility index (Phi) is 6.30. The van der Waals surface area contributed by atoms with E-state index in [9.17, 15) is 4.79 Å². The number of aromatic nitrogens is 2. The van der Waals surface area contributed by atoms with Gasteiger partial charge in [0.25, 0.3) is 5.91 Å². The van der Waals surface area contributed by atoms with Gasteiger partial charge in [0, 0.05) is 32.6 Å². The average molecular weight is 449 g/mol. The molecule has 0 saturated heterocycles. The molecule has 2 aromatic carbocycles. The van der Waals surface area contributed by atoms with E-state index in [1.54, 1.807) is 22.2 Å². The Balaban J connectivity index is 1.60. The fraction of sp³-hybridized carbons (Fsp3) is 0.125. The van der Waals surface area contributed by atoms with Crippen LogP contribution >= 0.6 is 22.9 Å². The maximum atomic E-state index is 12.4. The van der Waals surface area contributed by atoms with Crippen molar-refractivity contribution in [3.63, 3.8) is 0 Å². The number of carbonyl (C=O) groups excluding carboxylic acids is 1. The van der Waals surface area contributed by atoms with Crippen LogP contribution in [-0.2, 0) is 0 Å². The maximum absolute atomic E-state index is 12.4. The molecule has 4 aromatic rings. The zero-order chi connectivity index (χ0) is 21.8. The molecular formula is C24H21ClN4OS. The van der Waals surface area contributed by atoms with Gasteiger partial charge in [-0.3, -0.25) is 4.79 Å². The molecule has 31 heavy (non-hydrogen) atoms. The fourth-order valence-electron chi connectivity index (χ4n) is 3.03. The van der Waals surface area contributed by atoms with Gasteiger partial charge in [0.15, 0.2) is 0 Å². The van der Waals surface area contributed by atoms with Crippen LogP contribution in [-0.4, -0.2) is 21.9 Å².